The van der Waals surface area contributed by atoms with Crippen LogP contribution >= 0.6 is 0 Å². The highest BCUT2D eigenvalue weighted by Gasteiger charge is 2.42. The van der Waals surface area contributed by atoms with Gasteiger partial charge in [0.1, 0.15) is 0 Å². The van der Waals surface area contributed by atoms with Gasteiger partial charge in [0.2, 0.25) is 5.91 Å². The largest absolute Gasteiger partial charge is 0.353 e. The smallest absolute Gasteiger partial charge is 0.262 e. The van der Waals surface area contributed by atoms with Crippen LogP contribution in [0.3, 0.4) is 0 Å². The minimum atomic E-state index is -0.621. The van der Waals surface area contributed by atoms with Crippen molar-refractivity contribution in [2.75, 3.05) is 13.1 Å². The zero-order chi connectivity index (χ0) is 20.9. The van der Waals surface area contributed by atoms with Crippen molar-refractivity contribution in [1.29, 1.82) is 0 Å². The number of hydrogen-bond acceptors (Lipinski definition) is 4. The fourth-order valence-electron chi connectivity index (χ4n) is 4.06. The lowest BCUT2D eigenvalue weighted by atomic mass is 10.0. The zero-order valence-electron chi connectivity index (χ0n) is 17.2. The van der Waals surface area contributed by atoms with Crippen LogP contribution in [0, 0.1) is 5.92 Å². The van der Waals surface area contributed by atoms with Gasteiger partial charge in [-0.3, -0.25) is 24.1 Å². The van der Waals surface area contributed by atoms with Crippen LogP contribution in [0.15, 0.2) is 18.2 Å². The number of fused-ring (bicyclic) bond motifs is 1. The summed E-state index contributed by atoms with van der Waals surface area (Å²) in [6.45, 7) is 6.56. The molecule has 1 aromatic carbocycles. The van der Waals surface area contributed by atoms with Gasteiger partial charge in [-0.15, -0.1) is 0 Å². The predicted octanol–water partition coefficient (Wildman–Crippen LogP) is 2.21. The Morgan fingerprint density at radius 2 is 1.59 bits per heavy atom. The van der Waals surface area contributed by atoms with E-state index < -0.39 is 5.54 Å². The highest BCUT2D eigenvalue weighted by Crippen LogP contribution is 2.31. The monoisotopic (exact) mass is 397 g/mol. The number of amides is 4. The lowest BCUT2D eigenvalue weighted by molar-refractivity contribution is -0.123. The molecule has 154 valence electrons. The van der Waals surface area contributed by atoms with Gasteiger partial charge in [-0.05, 0) is 64.7 Å². The summed E-state index contributed by atoms with van der Waals surface area (Å²) >= 11 is 0. The number of nitrogens with one attached hydrogen (secondary N) is 1. The van der Waals surface area contributed by atoms with Crippen LogP contribution in [0.2, 0.25) is 0 Å². The minimum Gasteiger partial charge on any atom is -0.353 e. The first kappa shape index (κ1) is 19.6. The number of carbonyl (C=O) groups excluding carboxylic acids is 4. The number of benzene rings is 1. The lowest BCUT2D eigenvalue weighted by Gasteiger charge is -2.32. The summed E-state index contributed by atoms with van der Waals surface area (Å²) in [4.78, 5) is 53.2. The lowest BCUT2D eigenvalue weighted by Crippen LogP contribution is -2.47. The number of imide groups is 1. The van der Waals surface area contributed by atoms with Crippen molar-refractivity contribution in [3.05, 3.63) is 34.9 Å². The summed E-state index contributed by atoms with van der Waals surface area (Å²) in [7, 11) is 0. The van der Waals surface area contributed by atoms with Crippen molar-refractivity contribution < 1.29 is 19.2 Å². The molecule has 3 aliphatic rings. The van der Waals surface area contributed by atoms with Gasteiger partial charge in [0, 0.05) is 36.2 Å². The molecule has 2 fully saturated rings. The first-order valence-corrected chi connectivity index (χ1v) is 10.3. The topological polar surface area (TPSA) is 86.8 Å². The molecular weight excluding hydrogens is 370 g/mol. The fraction of sp³-hybridized carbons (Fsp3) is 0.545. The Morgan fingerprint density at radius 1 is 0.966 bits per heavy atom. The molecule has 1 aromatic rings. The zero-order valence-corrected chi connectivity index (χ0v) is 17.2. The van der Waals surface area contributed by atoms with E-state index in [-0.39, 0.29) is 35.6 Å². The third-order valence-corrected chi connectivity index (χ3v) is 5.88. The number of hydrogen-bond donors (Lipinski definition) is 1. The molecule has 0 spiro atoms. The van der Waals surface area contributed by atoms with Crippen LogP contribution in [-0.4, -0.2) is 58.1 Å². The maximum Gasteiger partial charge on any atom is 0.262 e. The minimum absolute atomic E-state index is 0.117. The molecule has 1 saturated carbocycles. The molecule has 7 nitrogen and oxygen atoms in total. The van der Waals surface area contributed by atoms with Crippen molar-refractivity contribution in [3.8, 4) is 0 Å². The second-order valence-corrected chi connectivity index (χ2v) is 9.23. The van der Waals surface area contributed by atoms with Crippen LogP contribution in [0.1, 0.15) is 77.5 Å². The van der Waals surface area contributed by atoms with Gasteiger partial charge in [0.05, 0.1) is 11.1 Å². The Balaban J connectivity index is 1.43. The fourth-order valence-corrected chi connectivity index (χ4v) is 4.06. The molecule has 0 radical (unpaired) electrons. The van der Waals surface area contributed by atoms with E-state index in [2.05, 4.69) is 5.32 Å². The molecule has 4 amide bonds. The molecule has 4 rings (SSSR count). The summed E-state index contributed by atoms with van der Waals surface area (Å²) in [5.41, 5.74) is 0.441. The molecule has 2 aliphatic heterocycles. The van der Waals surface area contributed by atoms with Crippen molar-refractivity contribution in [3.63, 3.8) is 0 Å². The van der Waals surface area contributed by atoms with Crippen LogP contribution < -0.4 is 5.32 Å². The molecule has 0 bridgehead atoms. The van der Waals surface area contributed by atoms with Crippen molar-refractivity contribution >= 4 is 23.6 Å². The number of carbonyl (C=O) groups is 4. The standard InChI is InChI=1S/C22H27N3O4/c1-22(2,3)25-20(28)16-7-6-14(12-17(16)21(25)29)19(27)24-10-8-15(9-11-24)23-18(26)13-4-5-13/h6-7,12-13,15H,4-5,8-11H2,1-3H3,(H,23,26). The molecular formula is C22H27N3O4. The maximum absolute atomic E-state index is 12.9. The van der Waals surface area contributed by atoms with Gasteiger partial charge < -0.3 is 10.2 Å². The van der Waals surface area contributed by atoms with Crippen molar-refractivity contribution in [2.45, 2.75) is 58.0 Å². The van der Waals surface area contributed by atoms with E-state index in [4.69, 9.17) is 0 Å². The van der Waals surface area contributed by atoms with E-state index >= 15 is 0 Å². The Kier molecular flexibility index (Phi) is 4.71. The van der Waals surface area contributed by atoms with E-state index in [0.717, 1.165) is 25.7 Å². The first-order valence-electron chi connectivity index (χ1n) is 10.3. The third-order valence-electron chi connectivity index (χ3n) is 5.88. The maximum atomic E-state index is 12.9. The number of nitrogens with zero attached hydrogens (tertiary/aromatic N) is 2. The van der Waals surface area contributed by atoms with Crippen molar-refractivity contribution in [1.82, 2.24) is 15.1 Å². The molecule has 1 saturated heterocycles. The summed E-state index contributed by atoms with van der Waals surface area (Å²) in [5.74, 6) is -0.486. The Hall–Kier alpha value is -2.70. The Labute approximate surface area is 170 Å². The van der Waals surface area contributed by atoms with Gasteiger partial charge >= 0.3 is 0 Å². The SMILES string of the molecule is CC(C)(C)N1C(=O)c2ccc(C(=O)N3CCC(NC(=O)C4CC4)CC3)cc2C1=O. The van der Waals surface area contributed by atoms with E-state index in [0.29, 0.717) is 29.8 Å². The predicted molar refractivity (Wildman–Crippen MR) is 106 cm³/mol. The second-order valence-electron chi connectivity index (χ2n) is 9.23. The highest BCUT2D eigenvalue weighted by atomic mass is 16.2. The second kappa shape index (κ2) is 6.97. The molecule has 1 aliphatic carbocycles. The number of piperidine rings is 1. The van der Waals surface area contributed by atoms with Crippen LogP contribution in [0.5, 0.6) is 0 Å². The summed E-state index contributed by atoms with van der Waals surface area (Å²) < 4.78 is 0. The van der Waals surface area contributed by atoms with Crippen LogP contribution in [0.25, 0.3) is 0 Å². The quantitative estimate of drug-likeness (QED) is 0.793. The Morgan fingerprint density at radius 3 is 2.17 bits per heavy atom. The van der Waals surface area contributed by atoms with Crippen LogP contribution in [-0.2, 0) is 4.79 Å². The van der Waals surface area contributed by atoms with Gasteiger partial charge in [0.25, 0.3) is 17.7 Å². The van der Waals surface area contributed by atoms with E-state index in [1.54, 1.807) is 23.1 Å². The van der Waals surface area contributed by atoms with Crippen molar-refractivity contribution in [2.24, 2.45) is 5.92 Å². The first-order chi connectivity index (χ1) is 13.7. The number of likely N-dealkylation sites (tertiary alicyclic amines) is 1. The molecule has 0 aromatic heterocycles. The molecule has 2 heterocycles. The molecule has 29 heavy (non-hydrogen) atoms. The molecule has 0 unspecified atom stereocenters. The summed E-state index contributed by atoms with van der Waals surface area (Å²) in [6, 6.07) is 4.87. The molecule has 0 atom stereocenters. The van der Waals surface area contributed by atoms with Gasteiger partial charge in [-0.25, -0.2) is 0 Å². The Bertz CT molecular complexity index is 890. The average Bonchev–Trinajstić information content (AvgIpc) is 3.48. The molecule has 7 heteroatoms. The van der Waals surface area contributed by atoms with Gasteiger partial charge in [0.15, 0.2) is 0 Å². The van der Waals surface area contributed by atoms with Gasteiger partial charge in [-0.1, -0.05) is 0 Å². The van der Waals surface area contributed by atoms with E-state index in [1.807, 2.05) is 20.8 Å². The number of rotatable bonds is 3. The highest BCUT2D eigenvalue weighted by molar-refractivity contribution is 6.22. The normalized spacial score (nSPS) is 20.1. The van der Waals surface area contributed by atoms with Crippen LogP contribution in [0.4, 0.5) is 0 Å². The van der Waals surface area contributed by atoms with E-state index in [9.17, 15) is 19.2 Å². The van der Waals surface area contributed by atoms with Gasteiger partial charge in [-0.2, -0.15) is 0 Å². The summed E-state index contributed by atoms with van der Waals surface area (Å²) in [5, 5.41) is 3.08. The third kappa shape index (κ3) is 3.66. The van der Waals surface area contributed by atoms with E-state index in [1.165, 1.54) is 4.90 Å². The summed E-state index contributed by atoms with van der Waals surface area (Å²) in [6.07, 6.45) is 3.42. The average molecular weight is 397 g/mol. The molecule has 1 N–H and O–H groups in total.